The predicted molar refractivity (Wildman–Crippen MR) is 77.9 cm³/mol. The van der Waals surface area contributed by atoms with Crippen LogP contribution in [0.4, 0.5) is 5.69 Å². The highest BCUT2D eigenvalue weighted by Gasteiger charge is 1.95. The standard InChI is InChI=1S/C13H11ClIN/c14-11-3-1-2-10(8-11)9-16-13-6-4-12(15)5-7-13/h1-8,16H,9H2. The van der Waals surface area contributed by atoms with Gasteiger partial charge in [0.05, 0.1) is 0 Å². The van der Waals surface area contributed by atoms with Gasteiger partial charge in [0.1, 0.15) is 0 Å². The van der Waals surface area contributed by atoms with E-state index in [4.69, 9.17) is 11.6 Å². The lowest BCUT2D eigenvalue weighted by atomic mass is 10.2. The number of hydrogen-bond acceptors (Lipinski definition) is 1. The van der Waals surface area contributed by atoms with E-state index in [0.29, 0.717) is 0 Å². The molecule has 1 nitrogen and oxygen atoms in total. The maximum absolute atomic E-state index is 5.92. The minimum Gasteiger partial charge on any atom is -0.381 e. The van der Waals surface area contributed by atoms with Crippen molar-refractivity contribution in [2.45, 2.75) is 6.54 Å². The minimum atomic E-state index is 0.780. The van der Waals surface area contributed by atoms with E-state index in [9.17, 15) is 0 Å². The van der Waals surface area contributed by atoms with Crippen molar-refractivity contribution in [3.05, 3.63) is 62.7 Å². The summed E-state index contributed by atoms with van der Waals surface area (Å²) in [6.07, 6.45) is 0. The highest BCUT2D eigenvalue weighted by atomic mass is 127. The Kier molecular flexibility index (Phi) is 4.07. The zero-order valence-corrected chi connectivity index (χ0v) is 11.5. The second-order valence-corrected chi connectivity index (χ2v) is 5.17. The Morgan fingerprint density at radius 3 is 2.50 bits per heavy atom. The zero-order valence-electron chi connectivity index (χ0n) is 8.58. The molecular formula is C13H11ClIN. The average molecular weight is 344 g/mol. The van der Waals surface area contributed by atoms with Gasteiger partial charge < -0.3 is 5.32 Å². The summed E-state index contributed by atoms with van der Waals surface area (Å²) in [6.45, 7) is 0.793. The Bertz CT molecular complexity index is 468. The fraction of sp³-hybridized carbons (Fsp3) is 0.0769. The third-order valence-corrected chi connectivity index (χ3v) is 3.18. The lowest BCUT2D eigenvalue weighted by molar-refractivity contribution is 1.15. The lowest BCUT2D eigenvalue weighted by Crippen LogP contribution is -1.98. The molecule has 0 saturated heterocycles. The van der Waals surface area contributed by atoms with Crippen molar-refractivity contribution in [3.8, 4) is 0 Å². The van der Waals surface area contributed by atoms with Crippen LogP contribution in [-0.2, 0) is 6.54 Å². The van der Waals surface area contributed by atoms with Crippen LogP contribution in [0.25, 0.3) is 0 Å². The molecule has 0 amide bonds. The van der Waals surface area contributed by atoms with Gasteiger partial charge >= 0.3 is 0 Å². The van der Waals surface area contributed by atoms with Crippen LogP contribution in [0.3, 0.4) is 0 Å². The number of rotatable bonds is 3. The van der Waals surface area contributed by atoms with E-state index in [-0.39, 0.29) is 0 Å². The molecule has 82 valence electrons. The van der Waals surface area contributed by atoms with Gasteiger partial charge in [-0.15, -0.1) is 0 Å². The molecule has 3 heteroatoms. The van der Waals surface area contributed by atoms with Gasteiger partial charge in [-0.05, 0) is 64.6 Å². The van der Waals surface area contributed by atoms with Crippen LogP contribution >= 0.6 is 34.2 Å². The van der Waals surface area contributed by atoms with Crippen LogP contribution in [0, 0.1) is 3.57 Å². The van der Waals surface area contributed by atoms with E-state index >= 15 is 0 Å². The summed E-state index contributed by atoms with van der Waals surface area (Å²) in [5, 5.41) is 4.13. The van der Waals surface area contributed by atoms with Crippen LogP contribution in [0.2, 0.25) is 5.02 Å². The van der Waals surface area contributed by atoms with E-state index < -0.39 is 0 Å². The molecular weight excluding hydrogens is 333 g/mol. The minimum absolute atomic E-state index is 0.780. The van der Waals surface area contributed by atoms with Gasteiger partial charge in [-0.1, -0.05) is 23.7 Å². The van der Waals surface area contributed by atoms with Gasteiger partial charge in [0.15, 0.2) is 0 Å². The molecule has 16 heavy (non-hydrogen) atoms. The first-order valence-corrected chi connectivity index (χ1v) is 6.43. The van der Waals surface area contributed by atoms with Crippen LogP contribution in [0.15, 0.2) is 48.5 Å². The van der Waals surface area contributed by atoms with Crippen LogP contribution in [0.1, 0.15) is 5.56 Å². The average Bonchev–Trinajstić information content (AvgIpc) is 2.28. The summed E-state index contributed by atoms with van der Waals surface area (Å²) < 4.78 is 1.24. The van der Waals surface area contributed by atoms with Gasteiger partial charge in [-0.25, -0.2) is 0 Å². The summed E-state index contributed by atoms with van der Waals surface area (Å²) in [5.74, 6) is 0. The van der Waals surface area contributed by atoms with Crippen LogP contribution in [0.5, 0.6) is 0 Å². The highest BCUT2D eigenvalue weighted by Crippen LogP contribution is 2.14. The molecule has 0 aliphatic heterocycles. The Morgan fingerprint density at radius 2 is 1.81 bits per heavy atom. The molecule has 0 aliphatic carbocycles. The second-order valence-electron chi connectivity index (χ2n) is 3.49. The van der Waals surface area contributed by atoms with Gasteiger partial charge in [-0.3, -0.25) is 0 Å². The van der Waals surface area contributed by atoms with Gasteiger partial charge in [0, 0.05) is 20.8 Å². The van der Waals surface area contributed by atoms with Gasteiger partial charge in [-0.2, -0.15) is 0 Å². The molecule has 0 aromatic heterocycles. The molecule has 0 saturated carbocycles. The molecule has 0 aliphatic rings. The smallest absolute Gasteiger partial charge is 0.0409 e. The molecule has 2 rings (SSSR count). The summed E-state index contributed by atoms with van der Waals surface area (Å²) in [7, 11) is 0. The lowest BCUT2D eigenvalue weighted by Gasteiger charge is -2.06. The molecule has 0 spiro atoms. The molecule has 2 aromatic rings. The number of nitrogens with one attached hydrogen (secondary N) is 1. The fourth-order valence-corrected chi connectivity index (χ4v) is 1.99. The first kappa shape index (κ1) is 11.7. The molecule has 0 radical (unpaired) electrons. The fourth-order valence-electron chi connectivity index (χ4n) is 1.42. The Morgan fingerprint density at radius 1 is 1.06 bits per heavy atom. The van der Waals surface area contributed by atoms with E-state index in [0.717, 1.165) is 17.3 Å². The SMILES string of the molecule is Clc1cccc(CNc2ccc(I)cc2)c1. The Balaban J connectivity index is 1.99. The molecule has 0 bridgehead atoms. The van der Waals surface area contributed by atoms with Crippen molar-refractivity contribution in [2.75, 3.05) is 5.32 Å². The molecule has 0 fully saturated rings. The Labute approximate surface area is 114 Å². The molecule has 2 aromatic carbocycles. The topological polar surface area (TPSA) is 12.0 Å². The van der Waals surface area contributed by atoms with Crippen molar-refractivity contribution in [3.63, 3.8) is 0 Å². The summed E-state index contributed by atoms with van der Waals surface area (Å²) in [4.78, 5) is 0. The number of halogens is 2. The van der Waals surface area contributed by atoms with E-state index in [2.05, 4.69) is 58.2 Å². The predicted octanol–water partition coefficient (Wildman–Crippen LogP) is 4.56. The van der Waals surface area contributed by atoms with E-state index in [1.807, 2.05) is 18.2 Å². The summed E-state index contributed by atoms with van der Waals surface area (Å²) >= 11 is 8.21. The molecule has 0 heterocycles. The molecule has 0 atom stereocenters. The maximum atomic E-state index is 5.92. The molecule has 1 N–H and O–H groups in total. The van der Waals surface area contributed by atoms with Crippen molar-refractivity contribution < 1.29 is 0 Å². The second kappa shape index (κ2) is 5.55. The highest BCUT2D eigenvalue weighted by molar-refractivity contribution is 14.1. The van der Waals surface area contributed by atoms with Gasteiger partial charge in [0.2, 0.25) is 0 Å². The maximum Gasteiger partial charge on any atom is 0.0409 e. The molecule has 0 unspecified atom stereocenters. The first-order valence-electron chi connectivity index (χ1n) is 4.98. The summed E-state index contributed by atoms with van der Waals surface area (Å²) in [6, 6.07) is 16.2. The summed E-state index contributed by atoms with van der Waals surface area (Å²) in [5.41, 5.74) is 2.31. The quantitative estimate of drug-likeness (QED) is 0.806. The number of hydrogen-bond donors (Lipinski definition) is 1. The van der Waals surface area contributed by atoms with Crippen molar-refractivity contribution >= 4 is 39.9 Å². The van der Waals surface area contributed by atoms with Crippen LogP contribution < -0.4 is 5.32 Å². The van der Waals surface area contributed by atoms with Crippen molar-refractivity contribution in [1.82, 2.24) is 0 Å². The zero-order chi connectivity index (χ0) is 11.4. The van der Waals surface area contributed by atoms with Crippen molar-refractivity contribution in [1.29, 1.82) is 0 Å². The number of anilines is 1. The monoisotopic (exact) mass is 343 g/mol. The number of benzene rings is 2. The van der Waals surface area contributed by atoms with Gasteiger partial charge in [0.25, 0.3) is 0 Å². The van der Waals surface area contributed by atoms with Crippen molar-refractivity contribution in [2.24, 2.45) is 0 Å². The normalized spacial score (nSPS) is 10.1. The third-order valence-electron chi connectivity index (χ3n) is 2.23. The van der Waals surface area contributed by atoms with E-state index in [1.165, 1.54) is 9.13 Å². The largest absolute Gasteiger partial charge is 0.381 e. The first-order chi connectivity index (χ1) is 7.74. The third kappa shape index (κ3) is 3.39. The van der Waals surface area contributed by atoms with Crippen LogP contribution in [-0.4, -0.2) is 0 Å². The Hall–Kier alpha value is -0.740. The van der Waals surface area contributed by atoms with E-state index in [1.54, 1.807) is 0 Å².